The molecule has 2 aliphatic carbocycles. The Hall–Kier alpha value is -0.710. The molecule has 5 aliphatic rings. The van der Waals surface area contributed by atoms with Crippen molar-refractivity contribution in [3.05, 3.63) is 0 Å². The summed E-state index contributed by atoms with van der Waals surface area (Å²) < 4.78 is 0. The number of nitrogens with zero attached hydrogens (tertiary/aromatic N) is 2. The van der Waals surface area contributed by atoms with Crippen LogP contribution in [-0.2, 0) is 9.59 Å². The minimum absolute atomic E-state index is 0.181. The molecule has 3 saturated heterocycles. The molecule has 3 heterocycles. The number of carbonyl (C=O) groups is 2. The lowest BCUT2D eigenvalue weighted by Crippen LogP contribution is -2.52. The molecule has 0 radical (unpaired) electrons. The molecule has 4 nitrogen and oxygen atoms in total. The van der Waals surface area contributed by atoms with E-state index in [0.717, 1.165) is 37.0 Å². The van der Waals surface area contributed by atoms with Crippen molar-refractivity contribution in [2.45, 2.75) is 70.4 Å². The van der Waals surface area contributed by atoms with Crippen molar-refractivity contribution < 1.29 is 9.59 Å². The van der Waals surface area contributed by atoms with Crippen molar-refractivity contribution in [1.82, 2.24) is 9.80 Å². The molecule has 3 aliphatic heterocycles. The van der Waals surface area contributed by atoms with Gasteiger partial charge in [-0.3, -0.25) is 9.59 Å². The van der Waals surface area contributed by atoms with Gasteiger partial charge >= 0.3 is 0 Å². The van der Waals surface area contributed by atoms with E-state index in [9.17, 15) is 9.59 Å². The summed E-state index contributed by atoms with van der Waals surface area (Å²) in [6, 6.07) is 0.252. The minimum atomic E-state index is -0.199. The predicted octanol–water partition coefficient (Wildman–Crippen LogP) is 3.12. The number of hydrogen-bond donors (Lipinski definition) is 0. The second-order valence-electron chi connectivity index (χ2n) is 8.40. The maximum atomic E-state index is 13.3. The molecule has 0 spiro atoms. The van der Waals surface area contributed by atoms with Crippen LogP contribution in [0.4, 0.5) is 0 Å². The van der Waals surface area contributed by atoms with Crippen LogP contribution in [0.5, 0.6) is 0 Å². The Morgan fingerprint density at radius 2 is 1.71 bits per heavy atom. The van der Waals surface area contributed by atoms with E-state index in [1.165, 1.54) is 32.1 Å². The first-order valence-corrected chi connectivity index (χ1v) is 11.0. The molecule has 134 valence electrons. The predicted molar refractivity (Wildman–Crippen MR) is 96.5 cm³/mol. The first-order chi connectivity index (χ1) is 11.7. The normalized spacial score (nSPS) is 37.8. The van der Waals surface area contributed by atoms with Crippen LogP contribution < -0.4 is 0 Å². The summed E-state index contributed by atoms with van der Waals surface area (Å²) in [5, 5.41) is 0. The minimum Gasteiger partial charge on any atom is -0.338 e. The van der Waals surface area contributed by atoms with Gasteiger partial charge in [-0.2, -0.15) is 0 Å². The van der Waals surface area contributed by atoms with Gasteiger partial charge < -0.3 is 9.80 Å². The molecule has 3 unspecified atom stereocenters. The number of rotatable bonds is 4. The van der Waals surface area contributed by atoms with Gasteiger partial charge in [0, 0.05) is 24.8 Å². The van der Waals surface area contributed by atoms with Gasteiger partial charge in [-0.25, -0.2) is 0 Å². The quantitative estimate of drug-likeness (QED) is 0.782. The monoisotopic (exact) mass is 350 g/mol. The van der Waals surface area contributed by atoms with Gasteiger partial charge in [0.1, 0.15) is 6.04 Å². The van der Waals surface area contributed by atoms with Crippen LogP contribution in [-0.4, -0.2) is 51.9 Å². The number of fused-ring (bicyclic) bond motifs is 1. The van der Waals surface area contributed by atoms with Gasteiger partial charge in [0.05, 0.1) is 5.88 Å². The second-order valence-corrected chi connectivity index (χ2v) is 9.40. The molecule has 2 amide bonds. The number of thioether (sulfide) groups is 1. The van der Waals surface area contributed by atoms with Gasteiger partial charge in [0.25, 0.3) is 0 Å². The van der Waals surface area contributed by atoms with Crippen molar-refractivity contribution in [3.63, 3.8) is 0 Å². The SMILES string of the molecule is CCCCC(=O)N1CSCC1C(=O)N1CC2CC3CC(C2)CC1C3. The Bertz CT molecular complexity index is 498. The van der Waals surface area contributed by atoms with Crippen molar-refractivity contribution >= 4 is 23.6 Å². The van der Waals surface area contributed by atoms with Crippen LogP contribution in [0, 0.1) is 17.8 Å². The highest BCUT2D eigenvalue weighted by molar-refractivity contribution is 7.99. The van der Waals surface area contributed by atoms with Crippen LogP contribution in [0.1, 0.15) is 58.3 Å². The standard InChI is InChI=1S/C19H30N2O2S/c1-2-3-4-18(22)21-12-24-11-17(21)19(23)20-10-15-6-13-5-14(7-15)9-16(20)8-13/h13-17H,2-12H2,1H3. The summed E-state index contributed by atoms with van der Waals surface area (Å²) in [4.78, 5) is 29.9. The Balaban J connectivity index is 1.47. The van der Waals surface area contributed by atoms with Crippen molar-refractivity contribution in [1.29, 1.82) is 0 Å². The molecule has 24 heavy (non-hydrogen) atoms. The van der Waals surface area contributed by atoms with Crippen LogP contribution in [0.25, 0.3) is 0 Å². The molecule has 0 aromatic rings. The summed E-state index contributed by atoms with van der Waals surface area (Å²) >= 11 is 1.74. The van der Waals surface area contributed by atoms with Gasteiger partial charge in [0.15, 0.2) is 0 Å². The summed E-state index contributed by atoms with van der Waals surface area (Å²) in [5.41, 5.74) is 0. The lowest BCUT2D eigenvalue weighted by atomic mass is 9.68. The van der Waals surface area contributed by atoms with E-state index in [1.54, 1.807) is 11.8 Å². The second kappa shape index (κ2) is 6.89. The van der Waals surface area contributed by atoms with E-state index < -0.39 is 0 Å². The third kappa shape index (κ3) is 3.09. The van der Waals surface area contributed by atoms with E-state index in [2.05, 4.69) is 11.8 Å². The van der Waals surface area contributed by atoms with Crippen LogP contribution in [0.15, 0.2) is 0 Å². The highest BCUT2D eigenvalue weighted by Crippen LogP contribution is 2.47. The number of carbonyl (C=O) groups excluding carboxylic acids is 2. The van der Waals surface area contributed by atoms with Gasteiger partial charge in [-0.05, 0) is 56.3 Å². The van der Waals surface area contributed by atoms with E-state index in [0.29, 0.717) is 24.3 Å². The highest BCUT2D eigenvalue weighted by atomic mass is 32.2. The number of unbranched alkanes of at least 4 members (excludes halogenated alkanes) is 1. The fourth-order valence-electron chi connectivity index (χ4n) is 5.61. The average Bonchev–Trinajstić information content (AvgIpc) is 2.97. The topological polar surface area (TPSA) is 40.6 Å². The van der Waals surface area contributed by atoms with E-state index in [-0.39, 0.29) is 17.9 Å². The number of hydrogen-bond acceptors (Lipinski definition) is 3. The molecular weight excluding hydrogens is 320 g/mol. The Morgan fingerprint density at radius 1 is 1.00 bits per heavy atom. The van der Waals surface area contributed by atoms with Crippen molar-refractivity contribution in [2.24, 2.45) is 17.8 Å². The third-order valence-electron chi connectivity index (χ3n) is 6.62. The van der Waals surface area contributed by atoms with Crippen molar-refractivity contribution in [3.8, 4) is 0 Å². The first-order valence-electron chi connectivity index (χ1n) is 9.83. The molecule has 2 saturated carbocycles. The van der Waals surface area contributed by atoms with E-state index in [1.807, 2.05) is 4.90 Å². The lowest BCUT2D eigenvalue weighted by molar-refractivity contribution is -0.145. The fraction of sp³-hybridized carbons (Fsp3) is 0.895. The first kappa shape index (κ1) is 16.7. The maximum absolute atomic E-state index is 13.3. The van der Waals surface area contributed by atoms with Gasteiger partial charge in [-0.15, -0.1) is 11.8 Å². The molecular formula is C19H30N2O2S. The van der Waals surface area contributed by atoms with E-state index >= 15 is 0 Å². The molecule has 0 aromatic carbocycles. The van der Waals surface area contributed by atoms with Crippen LogP contribution in [0.2, 0.25) is 0 Å². The molecule has 5 rings (SSSR count). The highest BCUT2D eigenvalue weighted by Gasteiger charge is 2.46. The Labute approximate surface area is 149 Å². The zero-order chi connectivity index (χ0) is 16.7. The molecule has 0 aromatic heterocycles. The molecule has 4 bridgehead atoms. The Morgan fingerprint density at radius 3 is 2.42 bits per heavy atom. The number of amides is 2. The van der Waals surface area contributed by atoms with Crippen LogP contribution in [0.3, 0.4) is 0 Å². The zero-order valence-corrected chi connectivity index (χ0v) is 15.6. The summed E-state index contributed by atoms with van der Waals surface area (Å²) in [6.07, 6.45) is 9.03. The molecule has 5 heteroatoms. The van der Waals surface area contributed by atoms with Gasteiger partial charge in [0.2, 0.25) is 11.8 Å². The zero-order valence-electron chi connectivity index (χ0n) is 14.8. The molecule has 3 atom stereocenters. The lowest BCUT2D eigenvalue weighted by Gasteiger charge is -2.39. The average molecular weight is 351 g/mol. The van der Waals surface area contributed by atoms with Crippen molar-refractivity contribution in [2.75, 3.05) is 18.2 Å². The molecule has 5 fully saturated rings. The molecule has 0 N–H and O–H groups in total. The Kier molecular flexibility index (Phi) is 4.81. The summed E-state index contributed by atoms with van der Waals surface area (Å²) in [6.45, 7) is 3.06. The van der Waals surface area contributed by atoms with Gasteiger partial charge in [-0.1, -0.05) is 13.3 Å². The van der Waals surface area contributed by atoms with Crippen LogP contribution >= 0.6 is 11.8 Å². The summed E-state index contributed by atoms with van der Waals surface area (Å²) in [7, 11) is 0. The maximum Gasteiger partial charge on any atom is 0.246 e. The third-order valence-corrected chi connectivity index (χ3v) is 7.63. The fourth-order valence-corrected chi connectivity index (χ4v) is 6.78. The van der Waals surface area contributed by atoms with E-state index in [4.69, 9.17) is 0 Å². The largest absolute Gasteiger partial charge is 0.338 e. The summed E-state index contributed by atoms with van der Waals surface area (Å²) in [5.74, 6) is 4.34. The smallest absolute Gasteiger partial charge is 0.246 e.